The van der Waals surface area contributed by atoms with Gasteiger partial charge in [0.2, 0.25) is 0 Å². The topological polar surface area (TPSA) is 39.1 Å². The second-order valence-corrected chi connectivity index (χ2v) is 5.01. The fourth-order valence-electron chi connectivity index (χ4n) is 2.50. The van der Waals surface area contributed by atoms with E-state index >= 15 is 0 Å². The third kappa shape index (κ3) is 3.33. The highest BCUT2D eigenvalue weighted by atomic mass is 16.5. The van der Waals surface area contributed by atoms with Crippen LogP contribution >= 0.6 is 0 Å². The lowest BCUT2D eigenvalue weighted by atomic mass is 10.1. The van der Waals surface area contributed by atoms with Gasteiger partial charge in [0.15, 0.2) is 0 Å². The van der Waals surface area contributed by atoms with Crippen LogP contribution in [0.4, 0.5) is 0 Å². The lowest BCUT2D eigenvalue weighted by Crippen LogP contribution is -2.21. The third-order valence-corrected chi connectivity index (χ3v) is 3.64. The van der Waals surface area contributed by atoms with E-state index in [4.69, 9.17) is 4.74 Å². The molecule has 1 aromatic rings. The van der Waals surface area contributed by atoms with Crippen LogP contribution in [-0.4, -0.2) is 29.5 Å². The molecule has 0 bridgehead atoms. The molecule has 2 heterocycles. The summed E-state index contributed by atoms with van der Waals surface area (Å²) in [5.41, 5.74) is 1.32. The van der Waals surface area contributed by atoms with Gasteiger partial charge in [-0.05, 0) is 32.2 Å². The van der Waals surface area contributed by atoms with E-state index in [-0.39, 0.29) is 0 Å². The Bertz CT molecular complexity index is 345. The van der Waals surface area contributed by atoms with Crippen molar-refractivity contribution in [1.82, 2.24) is 15.1 Å². The minimum Gasteiger partial charge on any atom is -0.381 e. The van der Waals surface area contributed by atoms with Crippen LogP contribution in [0.1, 0.15) is 57.2 Å². The van der Waals surface area contributed by atoms with E-state index in [0.29, 0.717) is 12.1 Å². The first-order valence-electron chi connectivity index (χ1n) is 7.20. The third-order valence-electron chi connectivity index (χ3n) is 3.64. The van der Waals surface area contributed by atoms with Crippen molar-refractivity contribution in [2.24, 2.45) is 0 Å². The largest absolute Gasteiger partial charge is 0.381 e. The molecule has 0 radical (unpaired) electrons. The average Bonchev–Trinajstić information content (AvgIpc) is 2.90. The zero-order valence-corrected chi connectivity index (χ0v) is 11.6. The smallest absolute Gasteiger partial charge is 0.0563 e. The molecule has 1 aliphatic heterocycles. The second-order valence-electron chi connectivity index (χ2n) is 5.01. The van der Waals surface area contributed by atoms with E-state index < -0.39 is 0 Å². The van der Waals surface area contributed by atoms with E-state index in [1.54, 1.807) is 0 Å². The number of ether oxygens (including phenoxy) is 1. The van der Waals surface area contributed by atoms with Crippen molar-refractivity contribution < 1.29 is 4.74 Å². The summed E-state index contributed by atoms with van der Waals surface area (Å²) in [5, 5.41) is 8.11. The maximum atomic E-state index is 5.40. The van der Waals surface area contributed by atoms with Gasteiger partial charge in [-0.25, -0.2) is 0 Å². The summed E-state index contributed by atoms with van der Waals surface area (Å²) in [6.45, 7) is 7.22. The van der Waals surface area contributed by atoms with Crippen molar-refractivity contribution >= 4 is 0 Å². The molecule has 1 atom stereocenters. The van der Waals surface area contributed by atoms with Gasteiger partial charge in [-0.3, -0.25) is 4.68 Å². The molecule has 0 amide bonds. The van der Waals surface area contributed by atoms with Crippen molar-refractivity contribution in [3.63, 3.8) is 0 Å². The van der Waals surface area contributed by atoms with Gasteiger partial charge in [0.05, 0.1) is 12.2 Å². The Kier molecular flexibility index (Phi) is 5.20. The Morgan fingerprint density at radius 2 is 2.22 bits per heavy atom. The van der Waals surface area contributed by atoms with E-state index in [9.17, 15) is 0 Å². The predicted molar refractivity (Wildman–Crippen MR) is 72.6 cm³/mol. The van der Waals surface area contributed by atoms with Crippen molar-refractivity contribution in [1.29, 1.82) is 0 Å². The number of rotatable bonds is 6. The molecule has 4 nitrogen and oxygen atoms in total. The molecule has 0 aromatic carbocycles. The molecule has 1 aliphatic rings. The van der Waals surface area contributed by atoms with Gasteiger partial charge in [0.1, 0.15) is 0 Å². The van der Waals surface area contributed by atoms with Crippen LogP contribution in [-0.2, 0) is 4.74 Å². The van der Waals surface area contributed by atoms with Crippen LogP contribution < -0.4 is 5.32 Å². The monoisotopic (exact) mass is 251 g/mol. The summed E-state index contributed by atoms with van der Waals surface area (Å²) in [5.74, 6) is 0. The standard InChI is InChI=1S/C14H25N3O/c1-3-7-15-14(4-2)12-10-16-17(11-12)13-5-8-18-9-6-13/h10-11,13-15H,3-9H2,1-2H3. The molecule has 1 aromatic heterocycles. The number of hydrogen-bond acceptors (Lipinski definition) is 3. The summed E-state index contributed by atoms with van der Waals surface area (Å²) in [7, 11) is 0. The lowest BCUT2D eigenvalue weighted by molar-refractivity contribution is 0.0662. The molecular weight excluding hydrogens is 226 g/mol. The van der Waals surface area contributed by atoms with Crippen molar-refractivity contribution in [3.8, 4) is 0 Å². The maximum absolute atomic E-state index is 5.40. The molecule has 0 aliphatic carbocycles. The number of aromatic nitrogens is 2. The number of nitrogens with one attached hydrogen (secondary N) is 1. The SMILES string of the molecule is CCCNC(CC)c1cnn(C2CCOCC2)c1. The van der Waals surface area contributed by atoms with Crippen LogP contribution in [0.2, 0.25) is 0 Å². The van der Waals surface area contributed by atoms with Gasteiger partial charge < -0.3 is 10.1 Å². The number of nitrogens with zero attached hydrogens (tertiary/aromatic N) is 2. The minimum atomic E-state index is 0.443. The summed E-state index contributed by atoms with van der Waals surface area (Å²) in [6.07, 6.45) is 8.68. The Morgan fingerprint density at radius 3 is 2.89 bits per heavy atom. The van der Waals surface area contributed by atoms with Crippen LogP contribution in [0.25, 0.3) is 0 Å². The summed E-state index contributed by atoms with van der Waals surface area (Å²) in [6, 6.07) is 0.967. The number of hydrogen-bond donors (Lipinski definition) is 1. The van der Waals surface area contributed by atoms with Gasteiger partial charge in [-0.1, -0.05) is 13.8 Å². The van der Waals surface area contributed by atoms with Crippen molar-refractivity contribution in [3.05, 3.63) is 18.0 Å². The van der Waals surface area contributed by atoms with E-state index in [2.05, 4.69) is 35.1 Å². The molecule has 1 fully saturated rings. The Balaban J connectivity index is 1.98. The molecule has 1 N–H and O–H groups in total. The van der Waals surface area contributed by atoms with E-state index in [0.717, 1.165) is 39.0 Å². The van der Waals surface area contributed by atoms with E-state index in [1.165, 1.54) is 12.0 Å². The molecule has 4 heteroatoms. The van der Waals surface area contributed by atoms with E-state index in [1.807, 2.05) is 6.20 Å². The molecule has 1 unspecified atom stereocenters. The first-order chi connectivity index (χ1) is 8.85. The second kappa shape index (κ2) is 6.90. The van der Waals surface area contributed by atoms with Crippen LogP contribution in [0, 0.1) is 0 Å². The van der Waals surface area contributed by atoms with Gasteiger partial charge in [0.25, 0.3) is 0 Å². The molecule has 0 saturated carbocycles. The first-order valence-corrected chi connectivity index (χ1v) is 7.20. The van der Waals surface area contributed by atoms with Gasteiger partial charge in [-0.2, -0.15) is 5.10 Å². The molecule has 18 heavy (non-hydrogen) atoms. The lowest BCUT2D eigenvalue weighted by Gasteiger charge is -2.22. The van der Waals surface area contributed by atoms with Crippen molar-refractivity contribution in [2.75, 3.05) is 19.8 Å². The Morgan fingerprint density at radius 1 is 1.44 bits per heavy atom. The molecule has 0 spiro atoms. The first kappa shape index (κ1) is 13.6. The highest BCUT2D eigenvalue weighted by molar-refractivity contribution is 5.10. The van der Waals surface area contributed by atoms with Crippen molar-refractivity contribution in [2.45, 2.75) is 51.6 Å². The van der Waals surface area contributed by atoms with Gasteiger partial charge >= 0.3 is 0 Å². The molecule has 2 rings (SSSR count). The Labute approximate surface area is 110 Å². The molecular formula is C14H25N3O. The highest BCUT2D eigenvalue weighted by Gasteiger charge is 2.18. The summed E-state index contributed by atoms with van der Waals surface area (Å²) in [4.78, 5) is 0. The fraction of sp³-hybridized carbons (Fsp3) is 0.786. The normalized spacial score (nSPS) is 19.0. The summed E-state index contributed by atoms with van der Waals surface area (Å²) < 4.78 is 7.53. The van der Waals surface area contributed by atoms with Crippen LogP contribution in [0.3, 0.4) is 0 Å². The quantitative estimate of drug-likeness (QED) is 0.845. The minimum absolute atomic E-state index is 0.443. The zero-order valence-electron chi connectivity index (χ0n) is 11.6. The highest BCUT2D eigenvalue weighted by Crippen LogP contribution is 2.23. The molecule has 102 valence electrons. The predicted octanol–water partition coefficient (Wildman–Crippen LogP) is 2.69. The van der Waals surface area contributed by atoms with Gasteiger partial charge in [0, 0.05) is 31.0 Å². The fourth-order valence-corrected chi connectivity index (χ4v) is 2.50. The van der Waals surface area contributed by atoms with Crippen LogP contribution in [0.5, 0.6) is 0 Å². The maximum Gasteiger partial charge on any atom is 0.0563 e. The van der Waals surface area contributed by atoms with Gasteiger partial charge in [-0.15, -0.1) is 0 Å². The Hall–Kier alpha value is -0.870. The molecule has 1 saturated heterocycles. The summed E-state index contributed by atoms with van der Waals surface area (Å²) >= 11 is 0. The van der Waals surface area contributed by atoms with Crippen LogP contribution in [0.15, 0.2) is 12.4 Å². The average molecular weight is 251 g/mol. The zero-order chi connectivity index (χ0) is 12.8.